The zero-order valence-corrected chi connectivity index (χ0v) is 17.7. The molecule has 0 aromatic heterocycles. The molecule has 0 rings (SSSR count). The summed E-state index contributed by atoms with van der Waals surface area (Å²) >= 11 is 0. The maximum atomic E-state index is 11.6. The van der Waals surface area contributed by atoms with Crippen LogP contribution in [0.4, 0.5) is 0 Å². The van der Waals surface area contributed by atoms with Crippen molar-refractivity contribution in [1.82, 2.24) is 0 Å². The Morgan fingerprint density at radius 1 is 0.600 bits per heavy atom. The molecule has 10 nitrogen and oxygen atoms in total. The lowest BCUT2D eigenvalue weighted by Gasteiger charge is -2.11. The molecule has 2 unspecified atom stereocenters. The number of unbranched alkanes of at least 4 members (excludes halogenated alkanes) is 3. The summed E-state index contributed by atoms with van der Waals surface area (Å²) in [7, 11) is 0. The average molecular weight is 439 g/mol. The fourth-order valence-corrected chi connectivity index (χ4v) is 2.47. The third-order valence-corrected chi connectivity index (χ3v) is 4.03. The molecule has 0 radical (unpaired) electrons. The van der Waals surface area contributed by atoms with Crippen molar-refractivity contribution < 1.29 is 49.0 Å². The van der Waals surface area contributed by atoms with E-state index in [1.165, 1.54) is 0 Å². The number of esters is 2. The van der Waals surface area contributed by atoms with E-state index in [2.05, 4.69) is 0 Å². The number of aliphatic hydroxyl groups excluding tert-OH is 4. The molecule has 0 aromatic rings. The van der Waals surface area contributed by atoms with Crippen LogP contribution in [0.1, 0.15) is 64.2 Å². The van der Waals surface area contributed by atoms with Gasteiger partial charge in [-0.25, -0.2) is 0 Å². The Morgan fingerprint density at radius 3 is 1.37 bits per heavy atom. The number of rotatable bonds is 21. The highest BCUT2D eigenvalue weighted by molar-refractivity contribution is 5.69. The number of hydrogen-bond acceptors (Lipinski definition) is 10. The summed E-state index contributed by atoms with van der Waals surface area (Å²) in [6, 6.07) is 0. The normalized spacial score (nSPS) is 13.1. The van der Waals surface area contributed by atoms with Crippen LogP contribution in [-0.2, 0) is 28.5 Å². The van der Waals surface area contributed by atoms with E-state index in [0.29, 0.717) is 51.4 Å². The zero-order valence-electron chi connectivity index (χ0n) is 17.7. The van der Waals surface area contributed by atoms with Gasteiger partial charge in [-0.2, -0.15) is 0 Å². The molecule has 0 fully saturated rings. The van der Waals surface area contributed by atoms with Crippen LogP contribution in [0.5, 0.6) is 0 Å². The highest BCUT2D eigenvalue weighted by Gasteiger charge is 2.08. The Labute approximate surface area is 178 Å². The minimum absolute atomic E-state index is 0.0738. The van der Waals surface area contributed by atoms with Gasteiger partial charge in [0.25, 0.3) is 0 Å². The van der Waals surface area contributed by atoms with Crippen molar-refractivity contribution in [3.8, 4) is 0 Å². The summed E-state index contributed by atoms with van der Waals surface area (Å²) in [5.74, 6) is -0.573. The van der Waals surface area contributed by atoms with E-state index in [0.717, 1.165) is 12.8 Å². The number of hydrogen-bond donors (Lipinski definition) is 4. The molecule has 4 N–H and O–H groups in total. The molecule has 0 aromatic carbocycles. The third kappa shape index (κ3) is 20.0. The summed E-state index contributed by atoms with van der Waals surface area (Å²) in [6.45, 7) is 0.278. The van der Waals surface area contributed by atoms with Gasteiger partial charge in [0.2, 0.25) is 0 Å². The monoisotopic (exact) mass is 438 g/mol. The first kappa shape index (κ1) is 28.7. The Kier molecular flexibility index (Phi) is 20.0. The molecular formula is C20H38O10. The van der Waals surface area contributed by atoms with Crippen LogP contribution in [0.2, 0.25) is 0 Å². The van der Waals surface area contributed by atoms with Crippen LogP contribution in [-0.4, -0.2) is 84.6 Å². The predicted molar refractivity (Wildman–Crippen MR) is 106 cm³/mol. The second kappa shape index (κ2) is 21.0. The van der Waals surface area contributed by atoms with E-state index in [9.17, 15) is 19.8 Å². The lowest BCUT2D eigenvalue weighted by molar-refractivity contribution is -0.146. The maximum absolute atomic E-state index is 11.6. The minimum atomic E-state index is -0.958. The van der Waals surface area contributed by atoms with Gasteiger partial charge >= 0.3 is 11.9 Å². The number of aliphatic hydroxyl groups is 4. The minimum Gasteiger partial charge on any atom is -0.466 e. The summed E-state index contributed by atoms with van der Waals surface area (Å²) in [4.78, 5) is 23.2. The fraction of sp³-hybridized carbons (Fsp3) is 0.900. The highest BCUT2D eigenvalue weighted by atomic mass is 16.6. The topological polar surface area (TPSA) is 152 Å². The van der Waals surface area contributed by atoms with Crippen molar-refractivity contribution in [2.75, 3.05) is 39.6 Å². The highest BCUT2D eigenvalue weighted by Crippen LogP contribution is 2.08. The summed E-state index contributed by atoms with van der Waals surface area (Å²) in [6.07, 6.45) is 3.33. The Hall–Kier alpha value is -1.30. The van der Waals surface area contributed by atoms with E-state index < -0.39 is 12.6 Å². The molecule has 0 saturated carbocycles. The fourth-order valence-electron chi connectivity index (χ4n) is 2.47. The van der Waals surface area contributed by atoms with Gasteiger partial charge < -0.3 is 39.4 Å². The standard InChI is InChI=1S/C20H38O10/c21-11-15-29-19(25)9-5-13-27-17(23)7-3-1-2-4-8-18(24)28-14-6-10-20(26)30-16-12-22/h19-22,25-26H,1-16H2. The molecular weight excluding hydrogens is 400 g/mol. The summed E-state index contributed by atoms with van der Waals surface area (Å²) in [5, 5.41) is 35.9. The van der Waals surface area contributed by atoms with Crippen molar-refractivity contribution in [2.45, 2.75) is 76.8 Å². The van der Waals surface area contributed by atoms with E-state index in [1.54, 1.807) is 0 Å². The van der Waals surface area contributed by atoms with Crippen molar-refractivity contribution in [3.05, 3.63) is 0 Å². The number of carbonyl (C=O) groups excluding carboxylic acids is 2. The van der Waals surface area contributed by atoms with Gasteiger partial charge in [-0.3, -0.25) is 9.59 Å². The van der Waals surface area contributed by atoms with Gasteiger partial charge in [0.1, 0.15) is 0 Å². The van der Waals surface area contributed by atoms with Crippen molar-refractivity contribution in [1.29, 1.82) is 0 Å². The summed E-state index contributed by atoms with van der Waals surface area (Å²) in [5.41, 5.74) is 0. The van der Waals surface area contributed by atoms with Crippen LogP contribution in [0, 0.1) is 0 Å². The van der Waals surface area contributed by atoms with Crippen molar-refractivity contribution >= 4 is 11.9 Å². The Morgan fingerprint density at radius 2 is 1.00 bits per heavy atom. The molecule has 10 heteroatoms. The molecule has 0 aliphatic heterocycles. The van der Waals surface area contributed by atoms with Crippen molar-refractivity contribution in [3.63, 3.8) is 0 Å². The molecule has 0 aliphatic rings. The molecule has 178 valence electrons. The first-order valence-electron chi connectivity index (χ1n) is 10.6. The van der Waals surface area contributed by atoms with Gasteiger partial charge in [0.15, 0.2) is 12.6 Å². The molecule has 0 bridgehead atoms. The predicted octanol–water partition coefficient (Wildman–Crippen LogP) is 0.628. The second-order valence-corrected chi connectivity index (χ2v) is 6.74. The zero-order chi connectivity index (χ0) is 22.5. The Balaban J connectivity index is 3.42. The van der Waals surface area contributed by atoms with Gasteiger partial charge in [0.05, 0.1) is 39.6 Å². The second-order valence-electron chi connectivity index (χ2n) is 6.74. The number of ether oxygens (including phenoxy) is 4. The molecule has 0 spiro atoms. The van der Waals surface area contributed by atoms with E-state index in [4.69, 9.17) is 29.2 Å². The Bertz CT molecular complexity index is 380. The van der Waals surface area contributed by atoms with Crippen LogP contribution >= 0.6 is 0 Å². The largest absolute Gasteiger partial charge is 0.466 e. The van der Waals surface area contributed by atoms with E-state index >= 15 is 0 Å². The average Bonchev–Trinajstić information content (AvgIpc) is 2.73. The third-order valence-electron chi connectivity index (χ3n) is 4.03. The van der Waals surface area contributed by atoms with Crippen LogP contribution < -0.4 is 0 Å². The molecule has 2 atom stereocenters. The lowest BCUT2D eigenvalue weighted by atomic mass is 10.1. The molecule has 0 amide bonds. The lowest BCUT2D eigenvalue weighted by Crippen LogP contribution is -2.16. The quantitative estimate of drug-likeness (QED) is 0.114. The van der Waals surface area contributed by atoms with Gasteiger partial charge in [0, 0.05) is 25.7 Å². The smallest absolute Gasteiger partial charge is 0.305 e. The van der Waals surface area contributed by atoms with E-state index in [-0.39, 0.29) is 51.6 Å². The summed E-state index contributed by atoms with van der Waals surface area (Å²) < 4.78 is 19.9. The van der Waals surface area contributed by atoms with E-state index in [1.807, 2.05) is 0 Å². The molecule has 30 heavy (non-hydrogen) atoms. The molecule has 0 saturated heterocycles. The molecule has 0 aliphatic carbocycles. The molecule has 0 heterocycles. The first-order valence-corrected chi connectivity index (χ1v) is 10.6. The van der Waals surface area contributed by atoms with Gasteiger partial charge in [-0.15, -0.1) is 0 Å². The van der Waals surface area contributed by atoms with Gasteiger partial charge in [-0.05, 0) is 25.7 Å². The maximum Gasteiger partial charge on any atom is 0.305 e. The van der Waals surface area contributed by atoms with Crippen LogP contribution in [0.15, 0.2) is 0 Å². The van der Waals surface area contributed by atoms with Crippen LogP contribution in [0.3, 0.4) is 0 Å². The number of carbonyl (C=O) groups is 2. The van der Waals surface area contributed by atoms with Crippen molar-refractivity contribution in [2.24, 2.45) is 0 Å². The first-order chi connectivity index (χ1) is 14.5. The van der Waals surface area contributed by atoms with Gasteiger partial charge in [-0.1, -0.05) is 12.8 Å². The van der Waals surface area contributed by atoms with Crippen LogP contribution in [0.25, 0.3) is 0 Å². The SMILES string of the molecule is O=C(CCCCCCC(=O)OCCCC(O)OCCO)OCCCC(O)OCCO.